The van der Waals surface area contributed by atoms with Gasteiger partial charge in [-0.2, -0.15) is 0 Å². The number of nitrogens with zero attached hydrogens (tertiary/aromatic N) is 1. The first-order valence-corrected chi connectivity index (χ1v) is 3.71. The quantitative estimate of drug-likeness (QED) is 0.327. The summed E-state index contributed by atoms with van der Waals surface area (Å²) < 4.78 is 5.20. The summed E-state index contributed by atoms with van der Waals surface area (Å²) >= 11 is 0. The Bertz CT molecular complexity index is 339. The van der Waals surface area contributed by atoms with Crippen molar-refractivity contribution in [3.05, 3.63) is 29.8 Å². The molecular weight excluding hydrogens is 166 g/mol. The normalized spacial score (nSPS) is 9.77. The number of hydrogen-bond donors (Lipinski definition) is 1. The van der Waals surface area contributed by atoms with Crippen LogP contribution in [0.3, 0.4) is 0 Å². The molecule has 0 saturated carbocycles. The lowest BCUT2D eigenvalue weighted by Gasteiger charge is -2.04. The number of hydrogen-bond acceptors (Lipinski definition) is 3. The Kier molecular flexibility index (Phi) is 3.40. The van der Waals surface area contributed by atoms with Gasteiger partial charge in [0, 0.05) is 5.56 Å². The Morgan fingerprint density at radius 2 is 2.31 bits per heavy atom. The first-order chi connectivity index (χ1) is 6.38. The number of ether oxygens (including phenoxy) is 1. The van der Waals surface area contributed by atoms with E-state index in [0.717, 1.165) is 0 Å². The molecule has 0 saturated heterocycles. The molecule has 1 rings (SSSR count). The molecule has 1 N–H and O–H groups in total. The molecule has 3 heteroatoms. The van der Waals surface area contributed by atoms with Crippen LogP contribution in [0.5, 0.6) is 5.75 Å². The molecule has 0 aliphatic heterocycles. The van der Waals surface area contributed by atoms with Gasteiger partial charge in [0.1, 0.15) is 12.4 Å². The minimum Gasteiger partial charge on any atom is -0.480 e. The van der Waals surface area contributed by atoms with Gasteiger partial charge in [-0.05, 0) is 12.1 Å². The molecule has 66 valence electrons. The molecule has 3 nitrogen and oxygen atoms in total. The first-order valence-electron chi connectivity index (χ1n) is 3.71. The molecule has 0 amide bonds. The summed E-state index contributed by atoms with van der Waals surface area (Å²) in [6.45, 7) is 0.205. The molecule has 0 aliphatic carbocycles. The van der Waals surface area contributed by atoms with Gasteiger partial charge in [0.05, 0.1) is 6.21 Å². The lowest BCUT2D eigenvalue weighted by Crippen LogP contribution is -1.96. The highest BCUT2D eigenvalue weighted by Crippen LogP contribution is 2.15. The van der Waals surface area contributed by atoms with Gasteiger partial charge in [0.25, 0.3) is 0 Å². The van der Waals surface area contributed by atoms with E-state index in [4.69, 9.17) is 16.4 Å². The van der Waals surface area contributed by atoms with Gasteiger partial charge >= 0.3 is 0 Å². The summed E-state index contributed by atoms with van der Waals surface area (Å²) in [6.07, 6.45) is 6.34. The van der Waals surface area contributed by atoms with Crippen molar-refractivity contribution >= 4 is 6.21 Å². The fourth-order valence-electron chi connectivity index (χ4n) is 0.900. The van der Waals surface area contributed by atoms with Gasteiger partial charge in [0.2, 0.25) is 0 Å². The van der Waals surface area contributed by atoms with Crippen molar-refractivity contribution in [1.82, 2.24) is 0 Å². The average molecular weight is 175 g/mol. The van der Waals surface area contributed by atoms with Crippen molar-refractivity contribution in [3.8, 4) is 18.1 Å². The number of para-hydroxylation sites is 1. The summed E-state index contributed by atoms with van der Waals surface area (Å²) in [4.78, 5) is 0. The number of oxime groups is 1. The maximum Gasteiger partial charge on any atom is 0.148 e. The van der Waals surface area contributed by atoms with Gasteiger partial charge < -0.3 is 9.94 Å². The highest BCUT2D eigenvalue weighted by Gasteiger charge is 1.98. The molecule has 0 radical (unpaired) electrons. The second-order valence-corrected chi connectivity index (χ2v) is 2.28. The highest BCUT2D eigenvalue weighted by molar-refractivity contribution is 5.82. The fraction of sp³-hybridized carbons (Fsp3) is 0.100. The number of benzene rings is 1. The second-order valence-electron chi connectivity index (χ2n) is 2.28. The lowest BCUT2D eigenvalue weighted by atomic mass is 10.2. The van der Waals surface area contributed by atoms with E-state index in [1.165, 1.54) is 6.21 Å². The van der Waals surface area contributed by atoms with E-state index < -0.39 is 0 Å². The Balaban J connectivity index is 2.85. The van der Waals surface area contributed by atoms with Crippen molar-refractivity contribution in [2.24, 2.45) is 5.16 Å². The zero-order chi connectivity index (χ0) is 9.52. The van der Waals surface area contributed by atoms with Crippen LogP contribution < -0.4 is 4.74 Å². The smallest absolute Gasteiger partial charge is 0.148 e. The Labute approximate surface area is 76.6 Å². The van der Waals surface area contributed by atoms with E-state index in [1.807, 2.05) is 12.1 Å². The average Bonchev–Trinajstić information content (AvgIpc) is 2.17. The van der Waals surface area contributed by atoms with Crippen molar-refractivity contribution in [3.63, 3.8) is 0 Å². The molecule has 13 heavy (non-hydrogen) atoms. The third-order valence-corrected chi connectivity index (χ3v) is 1.43. The molecule has 0 fully saturated rings. The summed E-state index contributed by atoms with van der Waals surface area (Å²) in [6, 6.07) is 7.17. The van der Waals surface area contributed by atoms with Crippen LogP contribution in [-0.4, -0.2) is 18.0 Å². The van der Waals surface area contributed by atoms with E-state index in [2.05, 4.69) is 11.1 Å². The third-order valence-electron chi connectivity index (χ3n) is 1.43. The zero-order valence-corrected chi connectivity index (χ0v) is 6.97. The monoisotopic (exact) mass is 175 g/mol. The fourth-order valence-corrected chi connectivity index (χ4v) is 0.900. The topological polar surface area (TPSA) is 41.8 Å². The molecule has 0 aliphatic rings. The van der Waals surface area contributed by atoms with E-state index in [-0.39, 0.29) is 6.61 Å². The van der Waals surface area contributed by atoms with E-state index in [9.17, 15) is 0 Å². The number of terminal acetylenes is 1. The molecule has 1 aromatic carbocycles. The molecule has 0 bridgehead atoms. The van der Waals surface area contributed by atoms with Crippen LogP contribution in [0, 0.1) is 12.3 Å². The molecule has 0 heterocycles. The molecule has 0 aromatic heterocycles. The highest BCUT2D eigenvalue weighted by atomic mass is 16.5. The van der Waals surface area contributed by atoms with Gasteiger partial charge in [-0.25, -0.2) is 0 Å². The first kappa shape index (κ1) is 9.14. The van der Waals surface area contributed by atoms with Crippen LogP contribution in [0.15, 0.2) is 29.4 Å². The van der Waals surface area contributed by atoms with E-state index in [0.29, 0.717) is 11.3 Å². The lowest BCUT2D eigenvalue weighted by molar-refractivity contribution is 0.321. The van der Waals surface area contributed by atoms with E-state index in [1.54, 1.807) is 12.1 Å². The van der Waals surface area contributed by atoms with E-state index >= 15 is 0 Å². The maximum atomic E-state index is 8.34. The van der Waals surface area contributed by atoms with Crippen LogP contribution in [-0.2, 0) is 0 Å². The predicted octanol–water partition coefficient (Wildman–Crippen LogP) is 1.51. The van der Waals surface area contributed by atoms with Gasteiger partial charge in [-0.15, -0.1) is 6.42 Å². The Hall–Kier alpha value is -1.95. The Morgan fingerprint density at radius 3 is 3.00 bits per heavy atom. The zero-order valence-electron chi connectivity index (χ0n) is 6.97. The molecule has 1 aromatic rings. The third kappa shape index (κ3) is 2.53. The summed E-state index contributed by atoms with van der Waals surface area (Å²) in [5, 5.41) is 11.3. The minimum atomic E-state index is 0.205. The van der Waals surface area contributed by atoms with Crippen LogP contribution in [0.4, 0.5) is 0 Å². The minimum absolute atomic E-state index is 0.205. The Morgan fingerprint density at radius 1 is 1.54 bits per heavy atom. The SMILES string of the molecule is C#CCOc1ccccc1/C=N/O. The number of rotatable bonds is 3. The van der Waals surface area contributed by atoms with Crippen molar-refractivity contribution < 1.29 is 9.94 Å². The maximum absolute atomic E-state index is 8.34. The van der Waals surface area contributed by atoms with Crippen LogP contribution in [0.1, 0.15) is 5.56 Å². The summed E-state index contributed by atoms with van der Waals surface area (Å²) in [7, 11) is 0. The predicted molar refractivity (Wildman–Crippen MR) is 50.2 cm³/mol. The largest absolute Gasteiger partial charge is 0.480 e. The summed E-state index contributed by atoms with van der Waals surface area (Å²) in [5.74, 6) is 2.97. The molecule has 0 atom stereocenters. The molecule has 0 spiro atoms. The van der Waals surface area contributed by atoms with Crippen LogP contribution >= 0.6 is 0 Å². The van der Waals surface area contributed by atoms with Crippen molar-refractivity contribution in [2.75, 3.05) is 6.61 Å². The van der Waals surface area contributed by atoms with Gasteiger partial charge in [-0.3, -0.25) is 0 Å². The van der Waals surface area contributed by atoms with Gasteiger partial charge in [-0.1, -0.05) is 23.2 Å². The standard InChI is InChI=1S/C10H9NO2/c1-2-7-13-10-6-4-3-5-9(10)8-11-12/h1,3-6,8,12H,7H2/b11-8+. The summed E-state index contributed by atoms with van der Waals surface area (Å²) in [5.41, 5.74) is 0.695. The van der Waals surface area contributed by atoms with Crippen LogP contribution in [0.2, 0.25) is 0 Å². The van der Waals surface area contributed by atoms with Gasteiger partial charge in [0.15, 0.2) is 0 Å². The molecule has 0 unspecified atom stereocenters. The molecular formula is C10H9NO2. The van der Waals surface area contributed by atoms with Crippen molar-refractivity contribution in [1.29, 1.82) is 0 Å². The van der Waals surface area contributed by atoms with Crippen LogP contribution in [0.25, 0.3) is 0 Å². The van der Waals surface area contributed by atoms with Crippen molar-refractivity contribution in [2.45, 2.75) is 0 Å². The second kappa shape index (κ2) is 4.83.